The van der Waals surface area contributed by atoms with Crippen molar-refractivity contribution >= 4 is 38.4 Å². The lowest BCUT2D eigenvalue weighted by atomic mass is 10.1. The third-order valence-corrected chi connectivity index (χ3v) is 8.38. The Morgan fingerprint density at radius 2 is 2.14 bits per heavy atom. The molecule has 2 aliphatic rings. The van der Waals surface area contributed by atoms with Gasteiger partial charge >= 0.3 is 0 Å². The maximum atomic E-state index is 12.4. The number of rotatable bonds is 7. The second-order valence-corrected chi connectivity index (χ2v) is 10.8. The second kappa shape index (κ2) is 8.86. The van der Waals surface area contributed by atoms with E-state index >= 15 is 0 Å². The molecular weight excluding hydrogens is 396 g/mol. The van der Waals surface area contributed by atoms with E-state index in [1.54, 1.807) is 0 Å². The molecule has 0 bridgehead atoms. The van der Waals surface area contributed by atoms with Gasteiger partial charge in [-0.1, -0.05) is 45.0 Å². The fourth-order valence-corrected chi connectivity index (χ4v) is 7.22. The Morgan fingerprint density at radius 3 is 2.86 bits per heavy atom. The van der Waals surface area contributed by atoms with E-state index in [2.05, 4.69) is 11.9 Å². The highest BCUT2D eigenvalue weighted by atomic mass is 32.2. The van der Waals surface area contributed by atoms with Crippen molar-refractivity contribution in [2.45, 2.75) is 51.3 Å². The SMILES string of the molecule is CCCCOc1cccc(N2C(=NC(=O)[C@@H](C)CC)S[C@H]3CS(=O)(=O)C[C@H]32)c1. The van der Waals surface area contributed by atoms with Gasteiger partial charge in [0.05, 0.1) is 24.2 Å². The van der Waals surface area contributed by atoms with Gasteiger partial charge in [0.15, 0.2) is 15.0 Å². The lowest BCUT2D eigenvalue weighted by Gasteiger charge is -2.25. The molecule has 2 fully saturated rings. The van der Waals surface area contributed by atoms with Crippen molar-refractivity contribution in [1.29, 1.82) is 0 Å². The number of benzene rings is 1. The summed E-state index contributed by atoms with van der Waals surface area (Å²) >= 11 is 1.41. The Morgan fingerprint density at radius 1 is 1.36 bits per heavy atom. The predicted molar refractivity (Wildman–Crippen MR) is 115 cm³/mol. The number of nitrogens with zero attached hydrogens (tertiary/aromatic N) is 2. The molecule has 0 spiro atoms. The Balaban J connectivity index is 1.92. The number of hydrogen-bond donors (Lipinski definition) is 0. The van der Waals surface area contributed by atoms with Gasteiger partial charge in [0, 0.05) is 22.9 Å². The van der Waals surface area contributed by atoms with Gasteiger partial charge < -0.3 is 9.64 Å². The van der Waals surface area contributed by atoms with E-state index in [0.29, 0.717) is 11.8 Å². The molecule has 0 aromatic heterocycles. The molecule has 0 unspecified atom stereocenters. The van der Waals surface area contributed by atoms with Gasteiger partial charge in [-0.2, -0.15) is 4.99 Å². The molecule has 154 valence electrons. The van der Waals surface area contributed by atoms with E-state index in [9.17, 15) is 13.2 Å². The van der Waals surface area contributed by atoms with Crippen molar-refractivity contribution in [3.8, 4) is 5.75 Å². The van der Waals surface area contributed by atoms with Crippen LogP contribution in [0.4, 0.5) is 5.69 Å². The number of fused-ring (bicyclic) bond motifs is 1. The van der Waals surface area contributed by atoms with Crippen LogP contribution in [0.2, 0.25) is 0 Å². The van der Waals surface area contributed by atoms with E-state index < -0.39 is 9.84 Å². The van der Waals surface area contributed by atoms with Crippen molar-refractivity contribution in [2.75, 3.05) is 23.0 Å². The molecule has 28 heavy (non-hydrogen) atoms. The van der Waals surface area contributed by atoms with Crippen LogP contribution in [0.25, 0.3) is 0 Å². The molecule has 0 radical (unpaired) electrons. The minimum absolute atomic E-state index is 0.0854. The molecule has 3 rings (SSSR count). The number of anilines is 1. The van der Waals surface area contributed by atoms with Gasteiger partial charge in [-0.25, -0.2) is 8.42 Å². The summed E-state index contributed by atoms with van der Waals surface area (Å²) < 4.78 is 30.2. The van der Waals surface area contributed by atoms with Gasteiger partial charge in [0.2, 0.25) is 0 Å². The minimum atomic E-state index is -3.08. The maximum absolute atomic E-state index is 12.4. The van der Waals surface area contributed by atoms with Gasteiger partial charge in [-0.3, -0.25) is 4.79 Å². The summed E-state index contributed by atoms with van der Waals surface area (Å²) in [4.78, 5) is 18.7. The molecule has 8 heteroatoms. The van der Waals surface area contributed by atoms with Crippen molar-refractivity contribution < 1.29 is 17.9 Å². The van der Waals surface area contributed by atoms with Crippen LogP contribution in [-0.2, 0) is 14.6 Å². The van der Waals surface area contributed by atoms with Crippen LogP contribution < -0.4 is 9.64 Å². The number of sulfone groups is 1. The van der Waals surface area contributed by atoms with Crippen molar-refractivity contribution in [1.82, 2.24) is 0 Å². The number of hydrogen-bond acceptors (Lipinski definition) is 5. The molecule has 0 aliphatic carbocycles. The second-order valence-electron chi connectivity index (χ2n) is 7.41. The van der Waals surface area contributed by atoms with Crippen LogP contribution in [-0.4, -0.2) is 48.9 Å². The quantitative estimate of drug-likeness (QED) is 0.624. The monoisotopic (exact) mass is 424 g/mol. The van der Waals surface area contributed by atoms with Crippen molar-refractivity contribution in [2.24, 2.45) is 10.9 Å². The van der Waals surface area contributed by atoms with Crippen molar-refractivity contribution in [3.63, 3.8) is 0 Å². The lowest BCUT2D eigenvalue weighted by Crippen LogP contribution is -2.37. The molecule has 3 atom stereocenters. The zero-order valence-corrected chi connectivity index (χ0v) is 18.3. The van der Waals surface area contributed by atoms with E-state index in [0.717, 1.165) is 30.7 Å². The largest absolute Gasteiger partial charge is 0.494 e. The average Bonchev–Trinajstić information content (AvgIpc) is 3.12. The molecule has 1 aromatic carbocycles. The number of carbonyl (C=O) groups is 1. The Hall–Kier alpha value is -1.54. The first-order valence-electron chi connectivity index (χ1n) is 9.86. The number of amidine groups is 1. The van der Waals surface area contributed by atoms with Crippen LogP contribution in [0, 0.1) is 5.92 Å². The number of unbranched alkanes of at least 4 members (excludes halogenated alkanes) is 1. The van der Waals surface area contributed by atoms with Crippen LogP contribution in [0.5, 0.6) is 5.75 Å². The highest BCUT2D eigenvalue weighted by Crippen LogP contribution is 2.41. The molecule has 1 aromatic rings. The van der Waals surface area contributed by atoms with Crippen molar-refractivity contribution in [3.05, 3.63) is 24.3 Å². The van der Waals surface area contributed by atoms with Crippen LogP contribution in [0.1, 0.15) is 40.0 Å². The third kappa shape index (κ3) is 4.71. The van der Waals surface area contributed by atoms with Crippen LogP contribution in [0.15, 0.2) is 29.3 Å². The van der Waals surface area contributed by atoms with Crippen LogP contribution in [0.3, 0.4) is 0 Å². The fourth-order valence-electron chi connectivity index (χ4n) is 3.30. The normalized spacial score (nSPS) is 25.7. The van der Waals surface area contributed by atoms with Gasteiger partial charge in [-0.05, 0) is 25.0 Å². The molecule has 6 nitrogen and oxygen atoms in total. The summed E-state index contributed by atoms with van der Waals surface area (Å²) in [5, 5.41) is 0.499. The molecule has 2 saturated heterocycles. The maximum Gasteiger partial charge on any atom is 0.250 e. The summed E-state index contributed by atoms with van der Waals surface area (Å²) in [7, 11) is -3.08. The summed E-state index contributed by atoms with van der Waals surface area (Å²) in [6.07, 6.45) is 2.75. The van der Waals surface area contributed by atoms with E-state index in [4.69, 9.17) is 4.74 Å². The highest BCUT2D eigenvalue weighted by molar-refractivity contribution is 8.16. The molecule has 2 heterocycles. The number of amides is 1. The van der Waals surface area contributed by atoms with Gasteiger partial charge in [-0.15, -0.1) is 0 Å². The summed E-state index contributed by atoms with van der Waals surface area (Å²) in [6, 6.07) is 7.42. The van der Waals surface area contributed by atoms with E-state index in [-0.39, 0.29) is 34.6 Å². The van der Waals surface area contributed by atoms with E-state index in [1.807, 2.05) is 43.0 Å². The topological polar surface area (TPSA) is 76.0 Å². The zero-order valence-electron chi connectivity index (χ0n) is 16.6. The standard InChI is InChI=1S/C20H28N2O4S2/c1-4-6-10-26-16-9-7-8-15(11-16)22-17-12-28(24,25)13-18(17)27-20(22)21-19(23)14(3)5-2/h7-9,11,14,17-18H,4-6,10,12-13H2,1-3H3/t14-,17+,18-/m0/s1. The van der Waals surface area contributed by atoms with E-state index in [1.165, 1.54) is 11.8 Å². The number of carbonyl (C=O) groups excluding carboxylic acids is 1. The molecule has 1 amide bonds. The average molecular weight is 425 g/mol. The molecule has 2 aliphatic heterocycles. The first-order valence-corrected chi connectivity index (χ1v) is 12.6. The summed E-state index contributed by atoms with van der Waals surface area (Å²) in [5.74, 6) is 0.647. The van der Waals surface area contributed by atoms with Gasteiger partial charge in [0.25, 0.3) is 5.91 Å². The first-order chi connectivity index (χ1) is 13.3. The molecule has 0 saturated carbocycles. The lowest BCUT2D eigenvalue weighted by molar-refractivity contribution is -0.121. The number of ether oxygens (including phenoxy) is 1. The first kappa shape index (κ1) is 21.2. The van der Waals surface area contributed by atoms with Gasteiger partial charge in [0.1, 0.15) is 5.75 Å². The predicted octanol–water partition coefficient (Wildman–Crippen LogP) is 3.51. The highest BCUT2D eigenvalue weighted by Gasteiger charge is 2.49. The molecular formula is C20H28N2O4S2. The zero-order chi connectivity index (χ0) is 20.3. The Labute approximate surface area is 171 Å². The Bertz CT molecular complexity index is 854. The number of aliphatic imine (C=N–C) groups is 1. The molecule has 0 N–H and O–H groups in total. The minimum Gasteiger partial charge on any atom is -0.494 e. The smallest absolute Gasteiger partial charge is 0.250 e. The fraction of sp³-hybridized carbons (Fsp3) is 0.600. The summed E-state index contributed by atoms with van der Waals surface area (Å²) in [5.41, 5.74) is 0.821. The Kier molecular flexibility index (Phi) is 6.70. The third-order valence-electron chi connectivity index (χ3n) is 5.17. The summed E-state index contributed by atoms with van der Waals surface area (Å²) in [6.45, 7) is 6.58. The number of thioether (sulfide) groups is 1. The van der Waals surface area contributed by atoms with Crippen LogP contribution >= 0.6 is 11.8 Å².